The highest BCUT2D eigenvalue weighted by Gasteiger charge is 2.30. The van der Waals surface area contributed by atoms with Gasteiger partial charge in [-0.25, -0.2) is 0 Å². The maximum Gasteiger partial charge on any atom is 0.416 e. The fraction of sp³-hybridized carbons (Fsp3) is 0.182. The highest BCUT2D eigenvalue weighted by Crippen LogP contribution is 2.30. The van der Waals surface area contributed by atoms with Crippen LogP contribution in [0.15, 0.2) is 30.5 Å². The molecule has 3 heteroatoms. The van der Waals surface area contributed by atoms with Crippen molar-refractivity contribution in [3.05, 3.63) is 47.2 Å². The van der Waals surface area contributed by atoms with Gasteiger partial charge in [0.1, 0.15) is 0 Å². The van der Waals surface area contributed by atoms with Crippen LogP contribution in [0.4, 0.5) is 13.2 Å². The molecule has 0 amide bonds. The van der Waals surface area contributed by atoms with Crippen LogP contribution < -0.4 is 0 Å². The highest BCUT2D eigenvalue weighted by atomic mass is 19.4. The largest absolute Gasteiger partial charge is 0.416 e. The summed E-state index contributed by atoms with van der Waals surface area (Å²) in [4.78, 5) is 0. The van der Waals surface area contributed by atoms with E-state index in [1.165, 1.54) is 12.1 Å². The fourth-order valence-electron chi connectivity index (χ4n) is 1.08. The van der Waals surface area contributed by atoms with E-state index in [2.05, 4.69) is 12.3 Å². The SMILES string of the molecule is C=C=Cc1cc(C(F)(F)F)ccc1C. The number of rotatable bonds is 1. The summed E-state index contributed by atoms with van der Waals surface area (Å²) in [5, 5.41) is 0. The summed E-state index contributed by atoms with van der Waals surface area (Å²) in [5.41, 5.74) is 3.08. The molecule has 14 heavy (non-hydrogen) atoms. The van der Waals surface area contributed by atoms with Crippen molar-refractivity contribution >= 4 is 6.08 Å². The topological polar surface area (TPSA) is 0 Å². The zero-order valence-corrected chi connectivity index (χ0v) is 7.65. The van der Waals surface area contributed by atoms with Crippen molar-refractivity contribution < 1.29 is 13.2 Å². The van der Waals surface area contributed by atoms with Gasteiger partial charge < -0.3 is 0 Å². The molecule has 0 saturated carbocycles. The molecule has 1 rings (SSSR count). The van der Waals surface area contributed by atoms with E-state index in [1.807, 2.05) is 0 Å². The molecule has 1 aromatic rings. The first-order chi connectivity index (χ1) is 6.45. The molecule has 0 unspecified atom stereocenters. The molecule has 0 N–H and O–H groups in total. The van der Waals surface area contributed by atoms with Crippen molar-refractivity contribution in [2.45, 2.75) is 13.1 Å². The lowest BCUT2D eigenvalue weighted by atomic mass is 10.0. The van der Waals surface area contributed by atoms with Crippen LogP contribution >= 0.6 is 0 Å². The van der Waals surface area contributed by atoms with Crippen molar-refractivity contribution in [3.63, 3.8) is 0 Å². The first kappa shape index (κ1) is 10.6. The van der Waals surface area contributed by atoms with E-state index >= 15 is 0 Å². The Morgan fingerprint density at radius 1 is 1.36 bits per heavy atom. The Morgan fingerprint density at radius 2 is 2.00 bits per heavy atom. The van der Waals surface area contributed by atoms with E-state index in [1.54, 1.807) is 6.92 Å². The summed E-state index contributed by atoms with van der Waals surface area (Å²) in [6.45, 7) is 5.07. The third-order valence-corrected chi connectivity index (χ3v) is 1.86. The lowest BCUT2D eigenvalue weighted by molar-refractivity contribution is -0.137. The Hall–Kier alpha value is -1.47. The molecule has 74 valence electrons. The summed E-state index contributed by atoms with van der Waals surface area (Å²) in [6, 6.07) is 3.59. The molecule has 0 bridgehead atoms. The Bertz CT molecular complexity index is 382. The number of alkyl halides is 3. The second-order valence-corrected chi connectivity index (χ2v) is 2.92. The van der Waals surface area contributed by atoms with Crippen molar-refractivity contribution in [1.29, 1.82) is 0 Å². The van der Waals surface area contributed by atoms with Gasteiger partial charge in [-0.3, -0.25) is 0 Å². The third kappa shape index (κ3) is 2.27. The summed E-state index contributed by atoms with van der Waals surface area (Å²) >= 11 is 0. The van der Waals surface area contributed by atoms with E-state index < -0.39 is 11.7 Å². The maximum absolute atomic E-state index is 12.3. The molecule has 0 atom stereocenters. The van der Waals surface area contributed by atoms with E-state index in [-0.39, 0.29) is 0 Å². The molecule has 0 fully saturated rings. The van der Waals surface area contributed by atoms with Crippen LogP contribution in [0.2, 0.25) is 0 Å². The number of halogens is 3. The van der Waals surface area contributed by atoms with Crippen LogP contribution in [0.5, 0.6) is 0 Å². The first-order valence-electron chi connectivity index (χ1n) is 3.99. The van der Waals surface area contributed by atoms with Crippen LogP contribution in [0.3, 0.4) is 0 Å². The molecular weight excluding hydrogens is 189 g/mol. The Morgan fingerprint density at radius 3 is 2.50 bits per heavy atom. The molecule has 0 aromatic heterocycles. The fourth-order valence-corrected chi connectivity index (χ4v) is 1.08. The molecular formula is C11H9F3. The van der Waals surface area contributed by atoms with Gasteiger partial charge in [-0.2, -0.15) is 13.2 Å². The molecule has 0 aliphatic carbocycles. The highest BCUT2D eigenvalue weighted by molar-refractivity contribution is 5.54. The maximum atomic E-state index is 12.3. The zero-order chi connectivity index (χ0) is 10.8. The van der Waals surface area contributed by atoms with Gasteiger partial charge in [-0.15, -0.1) is 5.73 Å². The van der Waals surface area contributed by atoms with Gasteiger partial charge in [0.2, 0.25) is 0 Å². The smallest absolute Gasteiger partial charge is 0.166 e. The van der Waals surface area contributed by atoms with Gasteiger partial charge in [0.25, 0.3) is 0 Å². The van der Waals surface area contributed by atoms with Crippen molar-refractivity contribution in [1.82, 2.24) is 0 Å². The van der Waals surface area contributed by atoms with Crippen LogP contribution in [-0.2, 0) is 6.18 Å². The summed E-state index contributed by atoms with van der Waals surface area (Å²) < 4.78 is 36.9. The minimum Gasteiger partial charge on any atom is -0.166 e. The van der Waals surface area contributed by atoms with Crippen LogP contribution in [0.25, 0.3) is 6.08 Å². The minimum absolute atomic E-state index is 0.495. The number of hydrogen-bond acceptors (Lipinski definition) is 0. The Labute approximate surface area is 80.4 Å². The number of hydrogen-bond donors (Lipinski definition) is 0. The molecule has 0 heterocycles. The third-order valence-electron chi connectivity index (χ3n) is 1.86. The van der Waals surface area contributed by atoms with Crippen LogP contribution in [0.1, 0.15) is 16.7 Å². The molecule has 0 saturated heterocycles. The lowest BCUT2D eigenvalue weighted by Crippen LogP contribution is -2.05. The van der Waals surface area contributed by atoms with E-state index in [4.69, 9.17) is 0 Å². The molecule has 0 spiro atoms. The monoisotopic (exact) mass is 198 g/mol. The van der Waals surface area contributed by atoms with Gasteiger partial charge in [0, 0.05) is 0 Å². The number of benzene rings is 1. The second-order valence-electron chi connectivity index (χ2n) is 2.92. The predicted octanol–water partition coefficient (Wildman–Crippen LogP) is 3.81. The lowest BCUT2D eigenvalue weighted by Gasteiger charge is -2.08. The molecule has 0 nitrogen and oxygen atoms in total. The molecule has 0 radical (unpaired) electrons. The summed E-state index contributed by atoms with van der Waals surface area (Å²) in [7, 11) is 0. The molecule has 0 aliphatic rings. The zero-order valence-electron chi connectivity index (χ0n) is 7.65. The minimum atomic E-state index is -4.29. The first-order valence-corrected chi connectivity index (χ1v) is 3.99. The standard InChI is InChI=1S/C11H9F3/c1-3-4-9-7-10(11(12,13)14)6-5-8(9)2/h4-7H,1H2,2H3. The average Bonchev–Trinajstić information content (AvgIpc) is 2.07. The van der Waals surface area contributed by atoms with E-state index in [0.717, 1.165) is 17.7 Å². The van der Waals surface area contributed by atoms with E-state index in [9.17, 15) is 13.2 Å². The normalized spacial score (nSPS) is 10.9. The summed E-state index contributed by atoms with van der Waals surface area (Å²) in [5.74, 6) is 0. The van der Waals surface area contributed by atoms with E-state index in [0.29, 0.717) is 5.56 Å². The Kier molecular flexibility index (Phi) is 2.82. The van der Waals surface area contributed by atoms with Crippen molar-refractivity contribution in [3.8, 4) is 0 Å². The van der Waals surface area contributed by atoms with Crippen molar-refractivity contribution in [2.24, 2.45) is 0 Å². The molecule has 1 aromatic carbocycles. The van der Waals surface area contributed by atoms with Crippen molar-refractivity contribution in [2.75, 3.05) is 0 Å². The summed E-state index contributed by atoms with van der Waals surface area (Å²) in [6.07, 6.45) is -2.86. The van der Waals surface area contributed by atoms with Gasteiger partial charge in [-0.1, -0.05) is 12.6 Å². The molecule has 0 aliphatic heterocycles. The second kappa shape index (κ2) is 3.72. The van der Waals surface area contributed by atoms with Gasteiger partial charge in [0.15, 0.2) is 0 Å². The van der Waals surface area contributed by atoms with Gasteiger partial charge in [0.05, 0.1) is 5.56 Å². The van der Waals surface area contributed by atoms with Gasteiger partial charge >= 0.3 is 6.18 Å². The number of aryl methyl sites for hydroxylation is 1. The van der Waals surface area contributed by atoms with Gasteiger partial charge in [-0.05, 0) is 36.3 Å². The quantitative estimate of drug-likeness (QED) is 0.602. The van der Waals surface area contributed by atoms with Crippen LogP contribution in [0, 0.1) is 6.92 Å². The van der Waals surface area contributed by atoms with Crippen LogP contribution in [-0.4, -0.2) is 0 Å². The average molecular weight is 198 g/mol. The predicted molar refractivity (Wildman–Crippen MR) is 49.8 cm³/mol. The Balaban J connectivity index is 3.26.